The Morgan fingerprint density at radius 3 is 2.32 bits per heavy atom. The second-order valence-electron chi connectivity index (χ2n) is 5.45. The summed E-state index contributed by atoms with van der Waals surface area (Å²) in [5.41, 5.74) is 7.57. The van der Waals surface area contributed by atoms with E-state index in [1.807, 2.05) is 24.3 Å². The summed E-state index contributed by atoms with van der Waals surface area (Å²) in [4.78, 5) is 11.9. The molecule has 0 aliphatic carbocycles. The Kier molecular flexibility index (Phi) is 6.95. The summed E-state index contributed by atoms with van der Waals surface area (Å²) in [6.45, 7) is 0.776. The molecular weight excluding hydrogens is 320 g/mol. The lowest BCUT2D eigenvalue weighted by Crippen LogP contribution is -2.28. The predicted molar refractivity (Wildman–Crippen MR) is 97.2 cm³/mol. The largest absolute Gasteiger partial charge is 0.496 e. The van der Waals surface area contributed by atoms with Gasteiger partial charge in [-0.25, -0.2) is 0 Å². The van der Waals surface area contributed by atoms with Crippen LogP contribution >= 0.6 is 0 Å². The number of carbonyl (C=O) groups excluding carboxylic acids is 1. The molecule has 0 aliphatic rings. The zero-order valence-electron chi connectivity index (χ0n) is 14.6. The van der Waals surface area contributed by atoms with E-state index in [1.54, 1.807) is 32.4 Å². The molecule has 0 aromatic heterocycles. The van der Waals surface area contributed by atoms with Crippen LogP contribution in [0.5, 0.6) is 17.2 Å². The maximum atomic E-state index is 11.9. The van der Waals surface area contributed by atoms with Gasteiger partial charge in [0.1, 0.15) is 23.9 Å². The summed E-state index contributed by atoms with van der Waals surface area (Å²) in [5, 5.41) is 2.83. The molecule has 0 aliphatic heterocycles. The number of nitrogen functional groups attached to an aromatic ring is 1. The van der Waals surface area contributed by atoms with Crippen LogP contribution in [-0.2, 0) is 11.2 Å². The van der Waals surface area contributed by atoms with E-state index in [1.165, 1.54) is 0 Å². The number of aryl methyl sites for hydroxylation is 1. The molecule has 6 nitrogen and oxygen atoms in total. The van der Waals surface area contributed by atoms with Gasteiger partial charge in [0.15, 0.2) is 0 Å². The first-order valence-corrected chi connectivity index (χ1v) is 8.08. The maximum absolute atomic E-state index is 11.9. The molecule has 134 valence electrons. The number of nitrogens with one attached hydrogen (secondary N) is 1. The molecule has 6 heteroatoms. The van der Waals surface area contributed by atoms with E-state index in [-0.39, 0.29) is 5.91 Å². The number of methoxy groups -OCH3 is 2. The van der Waals surface area contributed by atoms with Crippen LogP contribution in [0.2, 0.25) is 0 Å². The number of para-hydroxylation sites is 1. The van der Waals surface area contributed by atoms with Gasteiger partial charge in [0.25, 0.3) is 0 Å². The summed E-state index contributed by atoms with van der Waals surface area (Å²) in [7, 11) is 3.16. The minimum Gasteiger partial charge on any atom is -0.496 e. The number of ether oxygens (including phenoxy) is 3. The minimum absolute atomic E-state index is 0.0323. The molecule has 2 rings (SSSR count). The maximum Gasteiger partial charge on any atom is 0.220 e. The molecule has 2 aromatic rings. The van der Waals surface area contributed by atoms with E-state index in [9.17, 15) is 4.79 Å². The van der Waals surface area contributed by atoms with Crippen molar-refractivity contribution in [3.8, 4) is 17.2 Å². The molecule has 0 saturated carbocycles. The van der Waals surface area contributed by atoms with E-state index in [2.05, 4.69) is 5.32 Å². The third-order valence-electron chi connectivity index (χ3n) is 3.69. The summed E-state index contributed by atoms with van der Waals surface area (Å²) in [5.74, 6) is 1.90. The van der Waals surface area contributed by atoms with Gasteiger partial charge in [0, 0.05) is 30.3 Å². The number of anilines is 1. The van der Waals surface area contributed by atoms with Crippen molar-refractivity contribution in [1.82, 2.24) is 5.32 Å². The van der Waals surface area contributed by atoms with Gasteiger partial charge in [-0.1, -0.05) is 18.2 Å². The van der Waals surface area contributed by atoms with E-state index in [0.29, 0.717) is 48.9 Å². The molecule has 0 unspecified atom stereocenters. The SMILES string of the molecule is COc1cc(OC)cc(OCCNC(=O)CCc2ccccc2N)c1. The molecule has 0 saturated heterocycles. The van der Waals surface area contributed by atoms with Crippen LogP contribution in [0.25, 0.3) is 0 Å². The minimum atomic E-state index is -0.0323. The molecule has 0 bridgehead atoms. The van der Waals surface area contributed by atoms with Crippen LogP contribution in [0.3, 0.4) is 0 Å². The Hall–Kier alpha value is -2.89. The first-order chi connectivity index (χ1) is 12.1. The van der Waals surface area contributed by atoms with Crippen LogP contribution < -0.4 is 25.3 Å². The van der Waals surface area contributed by atoms with Crippen molar-refractivity contribution in [3.63, 3.8) is 0 Å². The molecule has 1 amide bonds. The second kappa shape index (κ2) is 9.42. The number of hydrogen-bond acceptors (Lipinski definition) is 5. The monoisotopic (exact) mass is 344 g/mol. The van der Waals surface area contributed by atoms with Gasteiger partial charge in [-0.05, 0) is 18.1 Å². The standard InChI is InChI=1S/C19H24N2O4/c1-23-15-11-16(24-2)13-17(12-15)25-10-9-21-19(22)8-7-14-5-3-4-6-18(14)20/h3-6,11-13H,7-10,20H2,1-2H3,(H,21,22). The van der Waals surface area contributed by atoms with E-state index in [0.717, 1.165) is 5.56 Å². The molecule has 0 heterocycles. The number of rotatable bonds is 9. The van der Waals surface area contributed by atoms with Crippen molar-refractivity contribution < 1.29 is 19.0 Å². The number of nitrogens with two attached hydrogens (primary N) is 1. The first kappa shape index (κ1) is 18.4. The molecule has 0 spiro atoms. The highest BCUT2D eigenvalue weighted by molar-refractivity contribution is 5.76. The van der Waals surface area contributed by atoms with Crippen LogP contribution in [0.4, 0.5) is 5.69 Å². The van der Waals surface area contributed by atoms with Gasteiger partial charge in [-0.2, -0.15) is 0 Å². The first-order valence-electron chi connectivity index (χ1n) is 8.08. The van der Waals surface area contributed by atoms with E-state index < -0.39 is 0 Å². The predicted octanol–water partition coefficient (Wildman–Crippen LogP) is 2.41. The zero-order chi connectivity index (χ0) is 18.1. The fraction of sp³-hybridized carbons (Fsp3) is 0.316. The average Bonchev–Trinajstić information content (AvgIpc) is 2.64. The Bertz CT molecular complexity index is 681. The van der Waals surface area contributed by atoms with Crippen molar-refractivity contribution in [1.29, 1.82) is 0 Å². The van der Waals surface area contributed by atoms with Gasteiger partial charge >= 0.3 is 0 Å². The Morgan fingerprint density at radius 1 is 1.04 bits per heavy atom. The van der Waals surface area contributed by atoms with E-state index >= 15 is 0 Å². The topological polar surface area (TPSA) is 82.8 Å². The molecule has 0 atom stereocenters. The second-order valence-corrected chi connectivity index (χ2v) is 5.45. The van der Waals surface area contributed by atoms with Crippen molar-refractivity contribution in [3.05, 3.63) is 48.0 Å². The fourth-order valence-corrected chi connectivity index (χ4v) is 2.32. The van der Waals surface area contributed by atoms with Gasteiger partial charge in [-0.3, -0.25) is 4.79 Å². The Balaban J connectivity index is 1.72. The lowest BCUT2D eigenvalue weighted by Gasteiger charge is -2.11. The highest BCUT2D eigenvalue weighted by atomic mass is 16.5. The lowest BCUT2D eigenvalue weighted by molar-refractivity contribution is -0.121. The molecule has 0 radical (unpaired) electrons. The van der Waals surface area contributed by atoms with Gasteiger partial charge in [0.2, 0.25) is 5.91 Å². The third kappa shape index (κ3) is 5.91. The number of carbonyl (C=O) groups is 1. The normalized spacial score (nSPS) is 10.2. The number of benzene rings is 2. The average molecular weight is 344 g/mol. The van der Waals surface area contributed by atoms with Crippen LogP contribution in [0.1, 0.15) is 12.0 Å². The Morgan fingerprint density at radius 2 is 1.68 bits per heavy atom. The quantitative estimate of drug-likeness (QED) is 0.539. The molecular formula is C19H24N2O4. The van der Waals surface area contributed by atoms with Gasteiger partial charge in [-0.15, -0.1) is 0 Å². The van der Waals surface area contributed by atoms with Gasteiger partial charge in [0.05, 0.1) is 20.8 Å². The molecule has 0 fully saturated rings. The molecule has 25 heavy (non-hydrogen) atoms. The lowest BCUT2D eigenvalue weighted by atomic mass is 10.1. The van der Waals surface area contributed by atoms with E-state index in [4.69, 9.17) is 19.9 Å². The molecule has 3 N–H and O–H groups in total. The summed E-state index contributed by atoms with van der Waals surface area (Å²) in [6, 6.07) is 12.9. The van der Waals surface area contributed by atoms with Crippen molar-refractivity contribution in [2.45, 2.75) is 12.8 Å². The highest BCUT2D eigenvalue weighted by Gasteiger charge is 2.05. The molecule has 2 aromatic carbocycles. The number of amides is 1. The van der Waals surface area contributed by atoms with Crippen molar-refractivity contribution >= 4 is 11.6 Å². The van der Waals surface area contributed by atoms with Crippen molar-refractivity contribution in [2.24, 2.45) is 0 Å². The zero-order valence-corrected chi connectivity index (χ0v) is 14.6. The fourth-order valence-electron chi connectivity index (χ4n) is 2.32. The Labute approximate surface area is 147 Å². The van der Waals surface area contributed by atoms with Crippen molar-refractivity contribution in [2.75, 3.05) is 33.1 Å². The van der Waals surface area contributed by atoms with Gasteiger partial charge < -0.3 is 25.3 Å². The van der Waals surface area contributed by atoms with Crippen LogP contribution in [0.15, 0.2) is 42.5 Å². The number of hydrogen-bond donors (Lipinski definition) is 2. The summed E-state index contributed by atoms with van der Waals surface area (Å²) in [6.07, 6.45) is 1.01. The third-order valence-corrected chi connectivity index (χ3v) is 3.69. The summed E-state index contributed by atoms with van der Waals surface area (Å²) >= 11 is 0. The smallest absolute Gasteiger partial charge is 0.220 e. The van der Waals surface area contributed by atoms with Crippen LogP contribution in [0, 0.1) is 0 Å². The van der Waals surface area contributed by atoms with Crippen LogP contribution in [-0.4, -0.2) is 33.3 Å². The highest BCUT2D eigenvalue weighted by Crippen LogP contribution is 2.27. The summed E-state index contributed by atoms with van der Waals surface area (Å²) < 4.78 is 16.0.